The molecule has 18 heavy (non-hydrogen) atoms. The van der Waals surface area contributed by atoms with E-state index < -0.39 is 0 Å². The maximum atomic E-state index is 13.2. The van der Waals surface area contributed by atoms with Crippen molar-refractivity contribution in [3.8, 4) is 0 Å². The van der Waals surface area contributed by atoms with Crippen molar-refractivity contribution in [2.45, 2.75) is 26.4 Å². The lowest BCUT2D eigenvalue weighted by Gasteiger charge is -2.13. The number of aromatic nitrogens is 1. The summed E-state index contributed by atoms with van der Waals surface area (Å²) >= 11 is 5.07. The van der Waals surface area contributed by atoms with Crippen LogP contribution in [0.25, 0.3) is 0 Å². The molecule has 5 heteroatoms. The molecule has 1 aromatic heterocycles. The summed E-state index contributed by atoms with van der Waals surface area (Å²) in [6.07, 6.45) is 0. The van der Waals surface area contributed by atoms with E-state index in [1.807, 2.05) is 12.4 Å². The van der Waals surface area contributed by atoms with Crippen molar-refractivity contribution < 1.29 is 4.39 Å². The quantitative estimate of drug-likeness (QED) is 0.909. The lowest BCUT2D eigenvalue weighted by molar-refractivity contribution is 0.572. The Morgan fingerprint density at radius 2 is 2.28 bits per heavy atom. The normalized spacial score (nSPS) is 12.7. The summed E-state index contributed by atoms with van der Waals surface area (Å²) in [4.78, 5) is 5.46. The van der Waals surface area contributed by atoms with Crippen LogP contribution in [0.1, 0.15) is 29.1 Å². The number of nitrogens with one attached hydrogen (secondary N) is 1. The Labute approximate surface area is 118 Å². The van der Waals surface area contributed by atoms with E-state index >= 15 is 0 Å². The SMILES string of the molecule is Cc1ncsc1C(C)NCc1cc(F)ccc1Br. The van der Waals surface area contributed by atoms with Gasteiger partial charge in [0.1, 0.15) is 5.82 Å². The van der Waals surface area contributed by atoms with Crippen LogP contribution in [-0.4, -0.2) is 4.98 Å². The predicted molar refractivity (Wildman–Crippen MR) is 76.2 cm³/mol. The van der Waals surface area contributed by atoms with Gasteiger partial charge in [-0.15, -0.1) is 11.3 Å². The number of halogens is 2. The molecule has 0 saturated carbocycles. The Balaban J connectivity index is 2.03. The van der Waals surface area contributed by atoms with Crippen molar-refractivity contribution in [3.63, 3.8) is 0 Å². The second kappa shape index (κ2) is 5.91. The minimum atomic E-state index is -0.211. The first-order valence-electron chi connectivity index (χ1n) is 5.65. The number of hydrogen-bond acceptors (Lipinski definition) is 3. The summed E-state index contributed by atoms with van der Waals surface area (Å²) in [5.41, 5.74) is 3.82. The van der Waals surface area contributed by atoms with Gasteiger partial charge in [0.2, 0.25) is 0 Å². The van der Waals surface area contributed by atoms with E-state index in [9.17, 15) is 4.39 Å². The first-order chi connectivity index (χ1) is 8.58. The molecule has 1 heterocycles. The van der Waals surface area contributed by atoms with Gasteiger partial charge in [-0.05, 0) is 37.6 Å². The Kier molecular flexibility index (Phi) is 4.48. The molecular weight excluding hydrogens is 315 g/mol. The maximum absolute atomic E-state index is 13.2. The molecule has 0 saturated heterocycles. The van der Waals surface area contributed by atoms with Crippen LogP contribution in [0.4, 0.5) is 4.39 Å². The van der Waals surface area contributed by atoms with Crippen molar-refractivity contribution in [2.24, 2.45) is 0 Å². The highest BCUT2D eigenvalue weighted by atomic mass is 79.9. The number of aryl methyl sites for hydroxylation is 1. The molecule has 2 aromatic rings. The molecule has 2 nitrogen and oxygen atoms in total. The molecule has 0 spiro atoms. The Bertz CT molecular complexity index is 542. The van der Waals surface area contributed by atoms with Crippen LogP contribution in [-0.2, 0) is 6.54 Å². The second-order valence-corrected chi connectivity index (χ2v) is 5.88. The van der Waals surface area contributed by atoms with Crippen LogP contribution in [0.3, 0.4) is 0 Å². The molecule has 0 radical (unpaired) electrons. The van der Waals surface area contributed by atoms with E-state index in [1.54, 1.807) is 23.5 Å². The fourth-order valence-corrected chi connectivity index (χ4v) is 2.98. The Morgan fingerprint density at radius 3 is 2.94 bits per heavy atom. The molecule has 2 rings (SSSR count). The summed E-state index contributed by atoms with van der Waals surface area (Å²) in [6, 6.07) is 4.94. The third-order valence-electron chi connectivity index (χ3n) is 2.78. The average molecular weight is 329 g/mol. The monoisotopic (exact) mass is 328 g/mol. The fraction of sp³-hybridized carbons (Fsp3) is 0.308. The number of thiazole rings is 1. The first-order valence-corrected chi connectivity index (χ1v) is 7.32. The zero-order chi connectivity index (χ0) is 13.1. The number of benzene rings is 1. The van der Waals surface area contributed by atoms with E-state index in [0.717, 1.165) is 15.7 Å². The highest BCUT2D eigenvalue weighted by molar-refractivity contribution is 9.10. The molecule has 0 aliphatic rings. The zero-order valence-corrected chi connectivity index (χ0v) is 12.6. The lowest BCUT2D eigenvalue weighted by atomic mass is 10.2. The molecule has 96 valence electrons. The minimum absolute atomic E-state index is 0.211. The largest absolute Gasteiger partial charge is 0.305 e. The molecule has 0 amide bonds. The number of nitrogens with zero attached hydrogens (tertiary/aromatic N) is 1. The van der Waals surface area contributed by atoms with Gasteiger partial charge in [0, 0.05) is 21.9 Å². The third kappa shape index (κ3) is 3.16. The molecular formula is C13H14BrFN2S. The second-order valence-electron chi connectivity index (χ2n) is 4.14. The third-order valence-corrected chi connectivity index (χ3v) is 4.67. The van der Waals surface area contributed by atoms with E-state index in [2.05, 4.69) is 33.2 Å². The van der Waals surface area contributed by atoms with Crippen molar-refractivity contribution in [1.29, 1.82) is 0 Å². The Hall–Kier alpha value is -0.780. The lowest BCUT2D eigenvalue weighted by Crippen LogP contribution is -2.18. The highest BCUT2D eigenvalue weighted by Crippen LogP contribution is 2.23. The van der Waals surface area contributed by atoms with Gasteiger partial charge in [-0.1, -0.05) is 15.9 Å². The molecule has 1 atom stereocenters. The van der Waals surface area contributed by atoms with Gasteiger partial charge in [-0.3, -0.25) is 0 Å². The van der Waals surface area contributed by atoms with Gasteiger partial charge < -0.3 is 5.32 Å². The molecule has 1 N–H and O–H groups in total. The summed E-state index contributed by atoms with van der Waals surface area (Å²) in [5.74, 6) is -0.211. The van der Waals surface area contributed by atoms with Crippen LogP contribution in [0.15, 0.2) is 28.2 Å². The zero-order valence-electron chi connectivity index (χ0n) is 10.2. The Morgan fingerprint density at radius 1 is 1.50 bits per heavy atom. The van der Waals surface area contributed by atoms with Crippen molar-refractivity contribution in [2.75, 3.05) is 0 Å². The predicted octanol–water partition coefficient (Wildman–Crippen LogP) is 4.20. The van der Waals surface area contributed by atoms with E-state index in [-0.39, 0.29) is 11.9 Å². The molecule has 0 bridgehead atoms. The molecule has 0 aliphatic heterocycles. The average Bonchev–Trinajstić information content (AvgIpc) is 2.76. The van der Waals surface area contributed by atoms with Gasteiger partial charge >= 0.3 is 0 Å². The van der Waals surface area contributed by atoms with Gasteiger partial charge in [-0.2, -0.15) is 0 Å². The van der Waals surface area contributed by atoms with Crippen LogP contribution >= 0.6 is 27.3 Å². The summed E-state index contributed by atoms with van der Waals surface area (Å²) in [5, 5.41) is 3.38. The van der Waals surface area contributed by atoms with E-state index in [1.165, 1.54) is 10.9 Å². The molecule has 1 aromatic carbocycles. The summed E-state index contributed by atoms with van der Waals surface area (Å²) < 4.78 is 14.1. The van der Waals surface area contributed by atoms with Crippen LogP contribution in [0.5, 0.6) is 0 Å². The van der Waals surface area contributed by atoms with Crippen LogP contribution in [0.2, 0.25) is 0 Å². The van der Waals surface area contributed by atoms with Crippen molar-refractivity contribution in [3.05, 3.63) is 50.1 Å². The van der Waals surface area contributed by atoms with Crippen LogP contribution < -0.4 is 5.32 Å². The minimum Gasteiger partial charge on any atom is -0.305 e. The molecule has 0 fully saturated rings. The van der Waals surface area contributed by atoms with Crippen LogP contribution in [0, 0.1) is 12.7 Å². The molecule has 1 unspecified atom stereocenters. The van der Waals surface area contributed by atoms with Gasteiger partial charge in [0.15, 0.2) is 0 Å². The topological polar surface area (TPSA) is 24.9 Å². The smallest absolute Gasteiger partial charge is 0.123 e. The van der Waals surface area contributed by atoms with Gasteiger partial charge in [0.25, 0.3) is 0 Å². The standard InChI is InChI=1S/C13H14BrFN2S/c1-8(13-9(2)17-7-18-13)16-6-10-5-11(15)3-4-12(10)14/h3-5,7-8,16H,6H2,1-2H3. The summed E-state index contributed by atoms with van der Waals surface area (Å²) in [7, 11) is 0. The fourth-order valence-electron chi connectivity index (χ4n) is 1.76. The highest BCUT2D eigenvalue weighted by Gasteiger charge is 2.11. The van der Waals surface area contributed by atoms with E-state index in [4.69, 9.17) is 0 Å². The molecule has 0 aliphatic carbocycles. The number of hydrogen-bond donors (Lipinski definition) is 1. The van der Waals surface area contributed by atoms with Gasteiger partial charge in [0.05, 0.1) is 11.2 Å². The van der Waals surface area contributed by atoms with Crippen molar-refractivity contribution in [1.82, 2.24) is 10.3 Å². The first kappa shape index (κ1) is 13.6. The summed E-state index contributed by atoms with van der Waals surface area (Å²) in [6.45, 7) is 4.71. The van der Waals surface area contributed by atoms with E-state index in [0.29, 0.717) is 6.54 Å². The van der Waals surface area contributed by atoms with Crippen molar-refractivity contribution >= 4 is 27.3 Å². The number of rotatable bonds is 4. The maximum Gasteiger partial charge on any atom is 0.123 e. The van der Waals surface area contributed by atoms with Gasteiger partial charge in [-0.25, -0.2) is 9.37 Å².